The van der Waals surface area contributed by atoms with Crippen LogP contribution in [0, 0.1) is 11.7 Å². The van der Waals surface area contributed by atoms with E-state index >= 15 is 0 Å². The van der Waals surface area contributed by atoms with E-state index in [0.29, 0.717) is 25.3 Å². The van der Waals surface area contributed by atoms with E-state index in [9.17, 15) is 9.18 Å². The zero-order valence-electron chi connectivity index (χ0n) is 16.4. The van der Waals surface area contributed by atoms with Gasteiger partial charge >= 0.3 is 0 Å². The van der Waals surface area contributed by atoms with Crippen LogP contribution >= 0.6 is 0 Å². The summed E-state index contributed by atoms with van der Waals surface area (Å²) < 4.78 is 25.1. The molecule has 148 valence electrons. The Morgan fingerprint density at radius 3 is 2.68 bits per heavy atom. The second kappa shape index (κ2) is 7.55. The van der Waals surface area contributed by atoms with Crippen LogP contribution in [0.3, 0.4) is 0 Å². The van der Waals surface area contributed by atoms with Gasteiger partial charge in [0.25, 0.3) is 0 Å². The number of rotatable bonds is 4. The van der Waals surface area contributed by atoms with E-state index in [1.807, 2.05) is 35.2 Å². The van der Waals surface area contributed by atoms with Crippen LogP contribution in [0.2, 0.25) is 0 Å². The first-order valence-corrected chi connectivity index (χ1v) is 9.81. The molecule has 2 atom stereocenters. The molecule has 2 heterocycles. The van der Waals surface area contributed by atoms with Crippen LogP contribution in [-0.4, -0.2) is 35.7 Å². The smallest absolute Gasteiger partial charge is 0.230 e. The van der Waals surface area contributed by atoms with E-state index in [4.69, 9.17) is 9.47 Å². The van der Waals surface area contributed by atoms with Crippen molar-refractivity contribution in [1.29, 1.82) is 0 Å². The monoisotopic (exact) mass is 383 g/mol. The Morgan fingerprint density at radius 2 is 1.96 bits per heavy atom. The van der Waals surface area contributed by atoms with Crippen molar-refractivity contribution in [2.75, 3.05) is 13.2 Å². The number of nitrogens with zero attached hydrogens (tertiary/aromatic N) is 1. The van der Waals surface area contributed by atoms with E-state index in [2.05, 4.69) is 13.8 Å². The molecular formula is C23H26FNO3. The lowest BCUT2D eigenvalue weighted by atomic mass is 9.93. The van der Waals surface area contributed by atoms with Crippen molar-refractivity contribution in [1.82, 2.24) is 4.90 Å². The van der Waals surface area contributed by atoms with Gasteiger partial charge in [-0.1, -0.05) is 36.4 Å². The largest absolute Gasteiger partial charge is 0.492 e. The first-order valence-electron chi connectivity index (χ1n) is 9.81. The number of carbonyl (C=O) groups is 1. The number of amides is 1. The Labute approximate surface area is 165 Å². The molecule has 0 radical (unpaired) electrons. The summed E-state index contributed by atoms with van der Waals surface area (Å²) in [5.41, 5.74) is 1.75. The van der Waals surface area contributed by atoms with Gasteiger partial charge in [-0.2, -0.15) is 0 Å². The van der Waals surface area contributed by atoms with E-state index in [1.54, 1.807) is 6.07 Å². The molecule has 1 saturated heterocycles. The molecule has 2 aromatic carbocycles. The second-order valence-corrected chi connectivity index (χ2v) is 8.34. The molecule has 0 aliphatic carbocycles. The summed E-state index contributed by atoms with van der Waals surface area (Å²) in [6.07, 6.45) is 1.37. The molecule has 4 rings (SSSR count). The lowest BCUT2D eigenvalue weighted by molar-refractivity contribution is -0.140. The molecule has 0 N–H and O–H groups in total. The number of hydrogen-bond acceptors (Lipinski definition) is 3. The maximum Gasteiger partial charge on any atom is 0.230 e. The molecule has 0 spiro atoms. The van der Waals surface area contributed by atoms with Gasteiger partial charge < -0.3 is 14.4 Å². The highest BCUT2D eigenvalue weighted by Gasteiger charge is 2.40. The number of halogens is 1. The first-order chi connectivity index (χ1) is 13.4. The van der Waals surface area contributed by atoms with Gasteiger partial charge in [-0.15, -0.1) is 0 Å². The van der Waals surface area contributed by atoms with E-state index in [-0.39, 0.29) is 35.9 Å². The highest BCUT2D eigenvalue weighted by atomic mass is 19.1. The van der Waals surface area contributed by atoms with Gasteiger partial charge in [-0.25, -0.2) is 4.39 Å². The molecule has 1 amide bonds. The van der Waals surface area contributed by atoms with Crippen molar-refractivity contribution in [3.63, 3.8) is 0 Å². The van der Waals surface area contributed by atoms with Crippen LogP contribution in [0.1, 0.15) is 31.4 Å². The zero-order valence-corrected chi connectivity index (χ0v) is 16.4. The molecule has 2 aliphatic heterocycles. The maximum atomic E-state index is 13.5. The standard InChI is InChI=1S/C23H26FNO3/c1-23(2)12-20(15-28-23)25(13-16-6-4-3-5-7-16)22(26)18-10-17-8-9-19(24)11-21(17)27-14-18/h3-9,11,18,20H,10,12-15H2,1-2H3. The third-order valence-corrected chi connectivity index (χ3v) is 5.60. The Hall–Kier alpha value is -2.40. The van der Waals surface area contributed by atoms with Crippen molar-refractivity contribution < 1.29 is 18.7 Å². The minimum absolute atomic E-state index is 0.0392. The Morgan fingerprint density at radius 1 is 1.18 bits per heavy atom. The molecule has 5 heteroatoms. The quantitative estimate of drug-likeness (QED) is 0.802. The number of carbonyl (C=O) groups excluding carboxylic acids is 1. The minimum Gasteiger partial charge on any atom is -0.492 e. The minimum atomic E-state index is -0.320. The van der Waals surface area contributed by atoms with Gasteiger partial charge in [0.15, 0.2) is 0 Å². The van der Waals surface area contributed by atoms with Crippen molar-refractivity contribution in [2.24, 2.45) is 5.92 Å². The first kappa shape index (κ1) is 18.9. The molecule has 0 saturated carbocycles. The van der Waals surface area contributed by atoms with E-state index in [1.165, 1.54) is 12.1 Å². The highest BCUT2D eigenvalue weighted by Crippen LogP contribution is 2.33. The van der Waals surface area contributed by atoms with Gasteiger partial charge in [0.2, 0.25) is 5.91 Å². The molecule has 0 aromatic heterocycles. The third-order valence-electron chi connectivity index (χ3n) is 5.60. The fourth-order valence-corrected chi connectivity index (χ4v) is 4.11. The summed E-state index contributed by atoms with van der Waals surface area (Å²) >= 11 is 0. The topological polar surface area (TPSA) is 38.8 Å². The van der Waals surface area contributed by atoms with Crippen molar-refractivity contribution in [3.05, 3.63) is 65.5 Å². The summed E-state index contributed by atoms with van der Waals surface area (Å²) in [5, 5.41) is 0. The molecular weight excluding hydrogens is 357 g/mol. The fourth-order valence-electron chi connectivity index (χ4n) is 4.11. The third kappa shape index (κ3) is 4.04. The predicted molar refractivity (Wildman–Crippen MR) is 105 cm³/mol. The molecule has 1 fully saturated rings. The Balaban J connectivity index is 1.55. The lowest BCUT2D eigenvalue weighted by Crippen LogP contribution is -2.46. The van der Waals surface area contributed by atoms with Crippen LogP contribution in [-0.2, 0) is 22.5 Å². The Kier molecular flexibility index (Phi) is 5.11. The van der Waals surface area contributed by atoms with Crippen LogP contribution in [0.4, 0.5) is 4.39 Å². The SMILES string of the molecule is CC1(C)CC(N(Cc2ccccc2)C(=O)C2COc3cc(F)ccc3C2)CO1. The molecule has 2 aliphatic rings. The number of ether oxygens (including phenoxy) is 2. The van der Waals surface area contributed by atoms with Crippen molar-refractivity contribution in [3.8, 4) is 5.75 Å². The predicted octanol–water partition coefficient (Wildman–Crippen LogP) is 3.97. The van der Waals surface area contributed by atoms with Crippen molar-refractivity contribution >= 4 is 5.91 Å². The zero-order chi connectivity index (χ0) is 19.7. The fraction of sp³-hybridized carbons (Fsp3) is 0.435. The normalized spacial score (nSPS) is 23.0. The van der Waals surface area contributed by atoms with Crippen LogP contribution in [0.15, 0.2) is 48.5 Å². The number of hydrogen-bond donors (Lipinski definition) is 0. The number of fused-ring (bicyclic) bond motifs is 1. The van der Waals surface area contributed by atoms with E-state index < -0.39 is 0 Å². The van der Waals surface area contributed by atoms with Gasteiger partial charge in [0.05, 0.1) is 24.2 Å². The molecule has 0 bridgehead atoms. The van der Waals surface area contributed by atoms with Gasteiger partial charge in [-0.05, 0) is 43.9 Å². The highest BCUT2D eigenvalue weighted by molar-refractivity contribution is 5.80. The van der Waals surface area contributed by atoms with Gasteiger partial charge in [0.1, 0.15) is 18.2 Å². The average molecular weight is 383 g/mol. The summed E-state index contributed by atoms with van der Waals surface area (Å²) in [5.74, 6) is 0.0269. The maximum absolute atomic E-state index is 13.5. The summed E-state index contributed by atoms with van der Waals surface area (Å²) in [7, 11) is 0. The van der Waals surface area contributed by atoms with Crippen molar-refractivity contribution in [2.45, 2.75) is 44.9 Å². The van der Waals surface area contributed by atoms with Crippen LogP contribution in [0.25, 0.3) is 0 Å². The van der Waals surface area contributed by atoms with Crippen LogP contribution < -0.4 is 4.74 Å². The molecule has 28 heavy (non-hydrogen) atoms. The van der Waals surface area contributed by atoms with Crippen LogP contribution in [0.5, 0.6) is 5.75 Å². The number of benzene rings is 2. The summed E-state index contributed by atoms with van der Waals surface area (Å²) in [6, 6.07) is 14.6. The summed E-state index contributed by atoms with van der Waals surface area (Å²) in [6.45, 7) is 5.49. The second-order valence-electron chi connectivity index (χ2n) is 8.34. The van der Waals surface area contributed by atoms with Gasteiger partial charge in [-0.3, -0.25) is 4.79 Å². The van der Waals surface area contributed by atoms with E-state index in [0.717, 1.165) is 17.5 Å². The average Bonchev–Trinajstić information content (AvgIpc) is 3.05. The molecule has 2 aromatic rings. The molecule has 2 unspecified atom stereocenters. The summed E-state index contributed by atoms with van der Waals surface area (Å²) in [4.78, 5) is 15.4. The van der Waals surface area contributed by atoms with Gasteiger partial charge in [0, 0.05) is 12.6 Å². The lowest BCUT2D eigenvalue weighted by Gasteiger charge is -2.34. The molecule has 4 nitrogen and oxygen atoms in total. The Bertz CT molecular complexity index is 852.